The molecule has 0 unspecified atom stereocenters. The number of amides is 2. The topological polar surface area (TPSA) is 56.3 Å². The maximum Gasteiger partial charge on any atom is 0.241 e. The van der Waals surface area contributed by atoms with Crippen LogP contribution in [-0.4, -0.2) is 94.0 Å². The molecule has 138 valence electrons. The molecule has 1 fully saturated rings. The van der Waals surface area contributed by atoms with Gasteiger partial charge in [-0.2, -0.15) is 0 Å². The van der Waals surface area contributed by atoms with E-state index in [4.69, 9.17) is 4.74 Å². The van der Waals surface area contributed by atoms with Crippen molar-refractivity contribution in [1.82, 2.24) is 14.7 Å². The molecule has 0 saturated carbocycles. The second-order valence-corrected chi connectivity index (χ2v) is 6.47. The summed E-state index contributed by atoms with van der Waals surface area (Å²) < 4.78 is 5.43. The summed E-state index contributed by atoms with van der Waals surface area (Å²) in [7, 11) is 6.74. The van der Waals surface area contributed by atoms with Crippen LogP contribution in [0.25, 0.3) is 0 Å². The molecule has 1 heterocycles. The van der Waals surface area contributed by atoms with Crippen LogP contribution in [-0.2, 0) is 9.59 Å². The molecule has 0 radical (unpaired) electrons. The van der Waals surface area contributed by atoms with E-state index in [0.717, 1.165) is 37.6 Å². The van der Waals surface area contributed by atoms with Crippen LogP contribution in [0, 0.1) is 0 Å². The molecule has 25 heavy (non-hydrogen) atoms. The Labute approximate surface area is 149 Å². The van der Waals surface area contributed by atoms with Crippen molar-refractivity contribution in [2.75, 3.05) is 72.4 Å². The van der Waals surface area contributed by atoms with E-state index < -0.39 is 0 Å². The quantitative estimate of drug-likeness (QED) is 0.743. The number of piperazine rings is 1. The number of hydrogen-bond donors (Lipinski definition) is 0. The average molecular weight is 348 g/mol. The molecule has 1 aliphatic rings. The first-order chi connectivity index (χ1) is 11.9. The number of ether oxygens (including phenoxy) is 1. The summed E-state index contributed by atoms with van der Waals surface area (Å²) >= 11 is 0. The number of likely N-dealkylation sites (N-methyl/N-ethyl adjacent to an activating group) is 2. The van der Waals surface area contributed by atoms with Crippen LogP contribution >= 0.6 is 0 Å². The molecule has 0 atom stereocenters. The largest absolute Gasteiger partial charge is 0.495 e. The molecule has 1 aromatic carbocycles. The lowest BCUT2D eigenvalue weighted by atomic mass is 10.2. The molecule has 0 spiro atoms. The molecular weight excluding hydrogens is 320 g/mol. The first-order valence-electron chi connectivity index (χ1n) is 8.46. The number of carbonyl (C=O) groups is 2. The van der Waals surface area contributed by atoms with Gasteiger partial charge in [-0.15, -0.1) is 0 Å². The fourth-order valence-corrected chi connectivity index (χ4v) is 2.78. The number of rotatable bonds is 6. The van der Waals surface area contributed by atoms with Crippen molar-refractivity contribution in [3.63, 3.8) is 0 Å². The molecule has 7 nitrogen and oxygen atoms in total. The van der Waals surface area contributed by atoms with E-state index in [2.05, 4.69) is 15.9 Å². The van der Waals surface area contributed by atoms with Crippen molar-refractivity contribution in [2.45, 2.75) is 0 Å². The lowest BCUT2D eigenvalue weighted by Gasteiger charge is -2.36. The van der Waals surface area contributed by atoms with Gasteiger partial charge < -0.3 is 19.4 Å². The maximum atomic E-state index is 12.3. The number of para-hydroxylation sites is 2. The van der Waals surface area contributed by atoms with Crippen molar-refractivity contribution in [3.8, 4) is 5.75 Å². The summed E-state index contributed by atoms with van der Waals surface area (Å²) in [6.07, 6.45) is 0. The number of nitrogens with zero attached hydrogens (tertiary/aromatic N) is 4. The Morgan fingerprint density at radius 1 is 1.04 bits per heavy atom. The number of anilines is 1. The molecule has 2 rings (SSSR count). The van der Waals surface area contributed by atoms with Crippen LogP contribution in [0.15, 0.2) is 24.3 Å². The van der Waals surface area contributed by atoms with Crippen molar-refractivity contribution in [1.29, 1.82) is 0 Å². The predicted octanol–water partition coefficient (Wildman–Crippen LogP) is 0.364. The van der Waals surface area contributed by atoms with Gasteiger partial charge >= 0.3 is 0 Å². The fraction of sp³-hybridized carbons (Fsp3) is 0.556. The molecule has 0 aliphatic carbocycles. The summed E-state index contributed by atoms with van der Waals surface area (Å²) in [4.78, 5) is 31.4. The van der Waals surface area contributed by atoms with Gasteiger partial charge in [0, 0.05) is 47.3 Å². The second-order valence-electron chi connectivity index (χ2n) is 6.47. The van der Waals surface area contributed by atoms with Crippen molar-refractivity contribution in [2.24, 2.45) is 0 Å². The Kier molecular flexibility index (Phi) is 6.64. The van der Waals surface area contributed by atoms with Gasteiger partial charge in [0.2, 0.25) is 11.8 Å². The highest BCUT2D eigenvalue weighted by atomic mass is 16.5. The smallest absolute Gasteiger partial charge is 0.241 e. The normalized spacial score (nSPS) is 15.0. The van der Waals surface area contributed by atoms with Crippen LogP contribution in [0.4, 0.5) is 5.69 Å². The summed E-state index contributed by atoms with van der Waals surface area (Å²) in [5.41, 5.74) is 1.09. The summed E-state index contributed by atoms with van der Waals surface area (Å²) in [5, 5.41) is 0. The molecule has 0 aromatic heterocycles. The Bertz CT molecular complexity index is 598. The highest BCUT2D eigenvalue weighted by molar-refractivity contribution is 5.85. The van der Waals surface area contributed by atoms with E-state index in [9.17, 15) is 9.59 Å². The van der Waals surface area contributed by atoms with Gasteiger partial charge in [-0.1, -0.05) is 12.1 Å². The Balaban J connectivity index is 1.84. The highest BCUT2D eigenvalue weighted by Gasteiger charge is 2.23. The third kappa shape index (κ3) is 5.09. The molecule has 0 bridgehead atoms. The predicted molar refractivity (Wildman–Crippen MR) is 98.0 cm³/mol. The van der Waals surface area contributed by atoms with E-state index in [1.165, 1.54) is 9.80 Å². The van der Waals surface area contributed by atoms with Crippen LogP contribution in [0.2, 0.25) is 0 Å². The first-order valence-corrected chi connectivity index (χ1v) is 8.46. The van der Waals surface area contributed by atoms with Crippen molar-refractivity contribution < 1.29 is 14.3 Å². The van der Waals surface area contributed by atoms with Gasteiger partial charge in [0.15, 0.2) is 0 Å². The third-order valence-corrected chi connectivity index (χ3v) is 4.45. The Hall–Kier alpha value is -2.28. The van der Waals surface area contributed by atoms with Gasteiger partial charge in [0.05, 0.1) is 25.9 Å². The zero-order valence-electron chi connectivity index (χ0n) is 15.6. The molecule has 2 amide bonds. The molecule has 1 saturated heterocycles. The van der Waals surface area contributed by atoms with Gasteiger partial charge in [0.1, 0.15) is 5.75 Å². The van der Waals surface area contributed by atoms with Gasteiger partial charge in [-0.05, 0) is 12.1 Å². The van der Waals surface area contributed by atoms with Crippen LogP contribution < -0.4 is 9.64 Å². The second kappa shape index (κ2) is 8.71. The first kappa shape index (κ1) is 19.1. The maximum absolute atomic E-state index is 12.3. The van der Waals surface area contributed by atoms with E-state index in [0.29, 0.717) is 6.54 Å². The molecule has 1 aromatic rings. The number of methoxy groups -OCH3 is 1. The number of benzene rings is 1. The minimum Gasteiger partial charge on any atom is -0.495 e. The third-order valence-electron chi connectivity index (χ3n) is 4.45. The summed E-state index contributed by atoms with van der Waals surface area (Å²) in [6, 6.07) is 7.98. The molecular formula is C18H28N4O3. The zero-order valence-corrected chi connectivity index (χ0v) is 15.6. The Morgan fingerprint density at radius 2 is 1.68 bits per heavy atom. The number of hydrogen-bond acceptors (Lipinski definition) is 5. The molecule has 1 aliphatic heterocycles. The minimum atomic E-state index is -0.0724. The average Bonchev–Trinajstić information content (AvgIpc) is 2.62. The van der Waals surface area contributed by atoms with Gasteiger partial charge in [-0.3, -0.25) is 14.5 Å². The lowest BCUT2D eigenvalue weighted by molar-refractivity contribution is -0.138. The Morgan fingerprint density at radius 3 is 2.28 bits per heavy atom. The zero-order chi connectivity index (χ0) is 18.4. The van der Waals surface area contributed by atoms with Gasteiger partial charge in [-0.25, -0.2) is 0 Å². The van der Waals surface area contributed by atoms with E-state index in [1.807, 2.05) is 18.2 Å². The summed E-state index contributed by atoms with van der Waals surface area (Å²) in [5.74, 6) is 0.770. The summed E-state index contributed by atoms with van der Waals surface area (Å²) in [6.45, 7) is 3.75. The van der Waals surface area contributed by atoms with Gasteiger partial charge in [0.25, 0.3) is 0 Å². The highest BCUT2D eigenvalue weighted by Crippen LogP contribution is 2.28. The van der Waals surface area contributed by atoms with Crippen molar-refractivity contribution in [3.05, 3.63) is 24.3 Å². The van der Waals surface area contributed by atoms with E-state index in [1.54, 1.807) is 28.3 Å². The monoisotopic (exact) mass is 348 g/mol. The lowest BCUT2D eigenvalue weighted by Crippen LogP contribution is -2.50. The number of carbonyl (C=O) groups excluding carboxylic acids is 2. The van der Waals surface area contributed by atoms with E-state index in [-0.39, 0.29) is 18.4 Å². The fourth-order valence-electron chi connectivity index (χ4n) is 2.78. The van der Waals surface area contributed by atoms with Crippen LogP contribution in [0.5, 0.6) is 5.75 Å². The minimum absolute atomic E-state index is 0.0269. The van der Waals surface area contributed by atoms with Crippen LogP contribution in [0.1, 0.15) is 0 Å². The van der Waals surface area contributed by atoms with Crippen molar-refractivity contribution >= 4 is 17.5 Å². The SMILES string of the molecule is COc1ccccc1N1CCN(CC(=O)N(C)CC(=O)N(C)C)CC1. The standard InChI is InChI=1S/C18H28N4O3/c1-19(2)17(23)13-20(3)18(24)14-21-9-11-22(12-10-21)15-7-5-6-8-16(15)25-4/h5-8H,9-14H2,1-4H3. The molecule has 0 N–H and O–H groups in total. The van der Waals surface area contributed by atoms with Crippen LogP contribution in [0.3, 0.4) is 0 Å². The molecule has 7 heteroatoms. The van der Waals surface area contributed by atoms with E-state index >= 15 is 0 Å².